The number of halogens is 3. The standard InChI is InChI=1S/C15H11F3N6O2/c16-15(17,18)11-4-5-19-13(7-11)23(14(25)26)8-10-2-1-3-12(6-10)24-9-20-21-22-24/h1-7,9H,8H2,(H,25,26). The van der Waals surface area contributed by atoms with Gasteiger partial charge in [-0.1, -0.05) is 12.1 Å². The number of benzene rings is 1. The summed E-state index contributed by atoms with van der Waals surface area (Å²) in [5.41, 5.74) is 0.130. The van der Waals surface area contributed by atoms with Crippen molar-refractivity contribution in [3.05, 3.63) is 60.0 Å². The molecular formula is C15H11F3N6O2. The van der Waals surface area contributed by atoms with Crippen molar-refractivity contribution < 1.29 is 23.1 Å². The quantitative estimate of drug-likeness (QED) is 0.765. The Morgan fingerprint density at radius 3 is 2.69 bits per heavy atom. The first-order valence-electron chi connectivity index (χ1n) is 7.20. The van der Waals surface area contributed by atoms with Gasteiger partial charge in [-0.25, -0.2) is 14.5 Å². The minimum Gasteiger partial charge on any atom is -0.465 e. The molecule has 1 aromatic carbocycles. The molecule has 0 saturated heterocycles. The number of hydrogen-bond acceptors (Lipinski definition) is 5. The normalized spacial score (nSPS) is 11.3. The number of amides is 1. The summed E-state index contributed by atoms with van der Waals surface area (Å²) in [7, 11) is 0. The van der Waals surface area contributed by atoms with Gasteiger partial charge in [0.1, 0.15) is 12.1 Å². The maximum Gasteiger partial charge on any atom is 0.416 e. The third kappa shape index (κ3) is 3.77. The number of anilines is 1. The fourth-order valence-corrected chi connectivity index (χ4v) is 2.25. The van der Waals surface area contributed by atoms with E-state index in [9.17, 15) is 23.1 Å². The Morgan fingerprint density at radius 1 is 1.23 bits per heavy atom. The maximum atomic E-state index is 12.9. The lowest BCUT2D eigenvalue weighted by molar-refractivity contribution is -0.137. The van der Waals surface area contributed by atoms with Gasteiger partial charge < -0.3 is 5.11 Å². The molecule has 0 saturated carbocycles. The summed E-state index contributed by atoms with van der Waals surface area (Å²) in [6, 6.07) is 8.10. The zero-order valence-corrected chi connectivity index (χ0v) is 13.0. The predicted octanol–water partition coefficient (Wildman–Crippen LogP) is 2.76. The third-order valence-electron chi connectivity index (χ3n) is 3.45. The Labute approximate surface area is 144 Å². The molecule has 11 heteroatoms. The fourth-order valence-electron chi connectivity index (χ4n) is 2.25. The van der Waals surface area contributed by atoms with Crippen molar-refractivity contribution in [2.45, 2.75) is 12.7 Å². The van der Waals surface area contributed by atoms with E-state index in [2.05, 4.69) is 20.5 Å². The predicted molar refractivity (Wildman–Crippen MR) is 82.6 cm³/mol. The van der Waals surface area contributed by atoms with E-state index < -0.39 is 17.8 Å². The molecule has 8 nitrogen and oxygen atoms in total. The lowest BCUT2D eigenvalue weighted by Gasteiger charge is -2.19. The van der Waals surface area contributed by atoms with Crippen LogP contribution in [0.3, 0.4) is 0 Å². The number of aromatic nitrogens is 5. The van der Waals surface area contributed by atoms with Crippen LogP contribution >= 0.6 is 0 Å². The van der Waals surface area contributed by atoms with Gasteiger partial charge in [-0.2, -0.15) is 13.2 Å². The van der Waals surface area contributed by atoms with Crippen molar-refractivity contribution in [1.29, 1.82) is 0 Å². The Bertz CT molecular complexity index is 914. The lowest BCUT2D eigenvalue weighted by atomic mass is 10.2. The molecule has 26 heavy (non-hydrogen) atoms. The molecule has 0 aliphatic heterocycles. The average molecular weight is 364 g/mol. The summed E-state index contributed by atoms with van der Waals surface area (Å²) >= 11 is 0. The Hall–Kier alpha value is -3.50. The highest BCUT2D eigenvalue weighted by Crippen LogP contribution is 2.31. The van der Waals surface area contributed by atoms with Gasteiger partial charge in [0, 0.05) is 6.20 Å². The summed E-state index contributed by atoms with van der Waals surface area (Å²) in [4.78, 5) is 16.0. The van der Waals surface area contributed by atoms with Crippen LogP contribution in [0, 0.1) is 0 Å². The van der Waals surface area contributed by atoms with Crippen molar-refractivity contribution in [2.75, 3.05) is 4.90 Å². The van der Waals surface area contributed by atoms with Gasteiger partial charge in [0.15, 0.2) is 0 Å². The van der Waals surface area contributed by atoms with Crippen LogP contribution in [0.15, 0.2) is 48.9 Å². The van der Waals surface area contributed by atoms with Crippen LogP contribution in [0.4, 0.5) is 23.8 Å². The molecule has 3 rings (SSSR count). The van der Waals surface area contributed by atoms with E-state index >= 15 is 0 Å². The molecule has 0 spiro atoms. The molecule has 0 bridgehead atoms. The zero-order chi connectivity index (χ0) is 18.7. The maximum absolute atomic E-state index is 12.9. The molecule has 0 unspecified atom stereocenters. The summed E-state index contributed by atoms with van der Waals surface area (Å²) in [6.45, 7) is -0.195. The van der Waals surface area contributed by atoms with Crippen molar-refractivity contribution in [1.82, 2.24) is 25.2 Å². The Morgan fingerprint density at radius 2 is 2.04 bits per heavy atom. The van der Waals surface area contributed by atoms with E-state index in [1.54, 1.807) is 24.3 Å². The van der Waals surface area contributed by atoms with E-state index in [4.69, 9.17) is 0 Å². The minimum atomic E-state index is -4.60. The zero-order valence-electron chi connectivity index (χ0n) is 13.0. The second-order valence-electron chi connectivity index (χ2n) is 5.19. The van der Waals surface area contributed by atoms with Gasteiger partial charge in [-0.15, -0.1) is 5.10 Å². The van der Waals surface area contributed by atoms with Gasteiger partial charge >= 0.3 is 12.3 Å². The highest BCUT2D eigenvalue weighted by molar-refractivity contribution is 5.84. The number of pyridine rings is 1. The second kappa shape index (κ2) is 6.78. The highest BCUT2D eigenvalue weighted by Gasteiger charge is 2.31. The highest BCUT2D eigenvalue weighted by atomic mass is 19.4. The van der Waals surface area contributed by atoms with Gasteiger partial charge in [0.05, 0.1) is 17.8 Å². The topological polar surface area (TPSA) is 97.0 Å². The monoisotopic (exact) mass is 364 g/mol. The average Bonchev–Trinajstić information content (AvgIpc) is 3.14. The number of alkyl halides is 3. The van der Waals surface area contributed by atoms with Gasteiger partial charge in [0.25, 0.3) is 0 Å². The number of carbonyl (C=O) groups is 1. The van der Waals surface area contributed by atoms with Crippen LogP contribution in [-0.4, -0.2) is 36.4 Å². The number of rotatable bonds is 4. The van der Waals surface area contributed by atoms with E-state index in [1.807, 2.05) is 0 Å². The summed E-state index contributed by atoms with van der Waals surface area (Å²) in [5.74, 6) is -0.319. The van der Waals surface area contributed by atoms with Crippen molar-refractivity contribution in [2.24, 2.45) is 0 Å². The summed E-state index contributed by atoms with van der Waals surface area (Å²) < 4.78 is 39.9. The molecule has 0 aliphatic carbocycles. The first kappa shape index (κ1) is 17.3. The lowest BCUT2D eigenvalue weighted by Crippen LogP contribution is -2.29. The molecule has 1 N–H and O–H groups in total. The molecule has 3 aromatic rings. The number of tetrazole rings is 1. The summed E-state index contributed by atoms with van der Waals surface area (Å²) in [5, 5.41) is 20.1. The smallest absolute Gasteiger partial charge is 0.416 e. The number of carboxylic acid groups (broad SMARTS) is 1. The van der Waals surface area contributed by atoms with Crippen LogP contribution in [0.5, 0.6) is 0 Å². The molecule has 2 heterocycles. The third-order valence-corrected chi connectivity index (χ3v) is 3.45. The SMILES string of the molecule is O=C(O)N(Cc1cccc(-n2cnnn2)c1)c1cc(C(F)(F)F)ccn1. The molecule has 2 aromatic heterocycles. The Balaban J connectivity index is 1.91. The first-order chi connectivity index (χ1) is 12.3. The van der Waals surface area contributed by atoms with Crippen LogP contribution < -0.4 is 4.90 Å². The minimum absolute atomic E-state index is 0.195. The van der Waals surface area contributed by atoms with Crippen LogP contribution in [0.25, 0.3) is 5.69 Å². The molecule has 134 valence electrons. The van der Waals surface area contributed by atoms with E-state index in [1.165, 1.54) is 11.0 Å². The molecule has 0 atom stereocenters. The second-order valence-corrected chi connectivity index (χ2v) is 5.19. The van der Waals surface area contributed by atoms with Crippen LogP contribution in [0.2, 0.25) is 0 Å². The molecule has 0 aliphatic rings. The molecule has 0 fully saturated rings. The largest absolute Gasteiger partial charge is 0.465 e. The number of nitrogens with zero attached hydrogens (tertiary/aromatic N) is 6. The van der Waals surface area contributed by atoms with Gasteiger partial charge in [-0.05, 0) is 40.3 Å². The Kier molecular flexibility index (Phi) is 4.52. The van der Waals surface area contributed by atoms with Crippen molar-refractivity contribution >= 4 is 11.9 Å². The molecule has 0 radical (unpaired) electrons. The molecule has 1 amide bonds. The van der Waals surface area contributed by atoms with E-state index in [-0.39, 0.29) is 12.4 Å². The van der Waals surface area contributed by atoms with E-state index in [0.29, 0.717) is 17.3 Å². The van der Waals surface area contributed by atoms with Crippen LogP contribution in [0.1, 0.15) is 11.1 Å². The van der Waals surface area contributed by atoms with Gasteiger partial charge in [0.2, 0.25) is 0 Å². The van der Waals surface area contributed by atoms with Crippen molar-refractivity contribution in [3.63, 3.8) is 0 Å². The van der Waals surface area contributed by atoms with Gasteiger partial charge in [-0.3, -0.25) is 4.90 Å². The first-order valence-corrected chi connectivity index (χ1v) is 7.20. The van der Waals surface area contributed by atoms with E-state index in [0.717, 1.165) is 17.2 Å². The van der Waals surface area contributed by atoms with Crippen molar-refractivity contribution in [3.8, 4) is 5.69 Å². The summed E-state index contributed by atoms with van der Waals surface area (Å²) in [6.07, 6.45) is -3.74. The fraction of sp³-hybridized carbons (Fsp3) is 0.133. The number of hydrogen-bond donors (Lipinski definition) is 1. The van der Waals surface area contributed by atoms with Crippen LogP contribution in [-0.2, 0) is 12.7 Å². The molecular weight excluding hydrogens is 353 g/mol.